The number of hydrogen-bond donors (Lipinski definition) is 2. The lowest BCUT2D eigenvalue weighted by Gasteiger charge is -2.02. The summed E-state index contributed by atoms with van der Waals surface area (Å²) in [7, 11) is 0. The van der Waals surface area contributed by atoms with Crippen molar-refractivity contribution in [2.24, 2.45) is 5.10 Å². The fourth-order valence-electron chi connectivity index (χ4n) is 2.18. The van der Waals surface area contributed by atoms with E-state index < -0.39 is 11.9 Å². The molecule has 0 aliphatic rings. The molecular formula is C16H13N5O3. The number of nitrogens with zero attached hydrogens (tertiary/aromatic N) is 4. The Morgan fingerprint density at radius 3 is 2.75 bits per heavy atom. The van der Waals surface area contributed by atoms with Gasteiger partial charge in [-0.3, -0.25) is 4.79 Å². The number of carboxylic acid groups (broad SMARTS) is 1. The molecule has 8 nitrogen and oxygen atoms in total. The summed E-state index contributed by atoms with van der Waals surface area (Å²) < 4.78 is 1.46. The number of carboxylic acids is 1. The molecule has 2 N–H and O–H groups in total. The molecule has 0 saturated heterocycles. The molecule has 0 atom stereocenters. The van der Waals surface area contributed by atoms with Crippen LogP contribution in [-0.2, 0) is 11.3 Å². The van der Waals surface area contributed by atoms with E-state index in [1.165, 1.54) is 17.0 Å². The van der Waals surface area contributed by atoms with Gasteiger partial charge in [-0.05, 0) is 18.2 Å². The third-order valence-corrected chi connectivity index (χ3v) is 3.30. The number of nitrogens with one attached hydrogen (secondary N) is 1. The lowest BCUT2D eigenvalue weighted by molar-refractivity contribution is -0.121. The van der Waals surface area contributed by atoms with E-state index in [1.54, 1.807) is 24.3 Å². The zero-order valence-corrected chi connectivity index (χ0v) is 12.5. The van der Waals surface area contributed by atoms with Crippen molar-refractivity contribution in [3.8, 4) is 0 Å². The zero-order chi connectivity index (χ0) is 16.9. The Kier molecular flexibility index (Phi) is 4.28. The molecule has 3 rings (SSSR count). The van der Waals surface area contributed by atoms with Gasteiger partial charge in [-0.2, -0.15) is 5.10 Å². The number of carbonyl (C=O) groups is 2. The van der Waals surface area contributed by atoms with Gasteiger partial charge in [0, 0.05) is 5.56 Å². The maximum Gasteiger partial charge on any atom is 0.336 e. The molecule has 3 aromatic rings. The fraction of sp³-hybridized carbons (Fsp3) is 0.0625. The Bertz CT molecular complexity index is 932. The average Bonchev–Trinajstić information content (AvgIpc) is 2.98. The number of amides is 1. The van der Waals surface area contributed by atoms with Crippen LogP contribution in [0, 0.1) is 0 Å². The standard InChI is InChI=1S/C16H13N5O3/c22-15(10-21-14-8-4-3-7-13(14)18-20-21)19-17-9-11-5-1-2-6-12(11)16(23)24/h1-9H,10H2,(H,19,22)(H,23,24). The predicted octanol–water partition coefficient (Wildman–Crippen LogP) is 1.28. The number of hydrazone groups is 1. The Hall–Kier alpha value is -3.55. The van der Waals surface area contributed by atoms with Crippen LogP contribution < -0.4 is 5.43 Å². The highest BCUT2D eigenvalue weighted by Gasteiger charge is 2.09. The van der Waals surface area contributed by atoms with Gasteiger partial charge in [0.1, 0.15) is 12.1 Å². The van der Waals surface area contributed by atoms with Gasteiger partial charge in [-0.15, -0.1) is 5.10 Å². The van der Waals surface area contributed by atoms with Crippen molar-refractivity contribution in [3.63, 3.8) is 0 Å². The minimum Gasteiger partial charge on any atom is -0.478 e. The van der Waals surface area contributed by atoms with Crippen molar-refractivity contribution < 1.29 is 14.7 Å². The lowest BCUT2D eigenvalue weighted by atomic mass is 10.1. The first-order valence-electron chi connectivity index (χ1n) is 7.07. The summed E-state index contributed by atoms with van der Waals surface area (Å²) in [5, 5.41) is 20.7. The molecule has 0 fully saturated rings. The van der Waals surface area contributed by atoms with Gasteiger partial charge < -0.3 is 5.11 Å². The van der Waals surface area contributed by atoms with E-state index in [0.29, 0.717) is 11.1 Å². The number of rotatable bonds is 5. The Labute approximate surface area is 136 Å². The van der Waals surface area contributed by atoms with Gasteiger partial charge in [0.15, 0.2) is 0 Å². The van der Waals surface area contributed by atoms with Gasteiger partial charge in [-0.25, -0.2) is 14.9 Å². The van der Waals surface area contributed by atoms with Crippen LogP contribution in [0.15, 0.2) is 53.6 Å². The van der Waals surface area contributed by atoms with E-state index in [0.717, 1.165) is 5.52 Å². The summed E-state index contributed by atoms with van der Waals surface area (Å²) in [6.07, 6.45) is 1.29. The molecule has 1 heterocycles. The second-order valence-corrected chi connectivity index (χ2v) is 4.92. The van der Waals surface area contributed by atoms with Crippen LogP contribution in [0.25, 0.3) is 11.0 Å². The molecule has 0 radical (unpaired) electrons. The Morgan fingerprint density at radius 1 is 1.17 bits per heavy atom. The molecule has 120 valence electrons. The minimum atomic E-state index is -1.06. The highest BCUT2D eigenvalue weighted by Crippen LogP contribution is 2.09. The quantitative estimate of drug-likeness (QED) is 0.543. The van der Waals surface area contributed by atoms with E-state index in [9.17, 15) is 9.59 Å². The molecule has 2 aromatic carbocycles. The summed E-state index contributed by atoms with van der Waals surface area (Å²) in [6.45, 7) is -0.0432. The smallest absolute Gasteiger partial charge is 0.336 e. The lowest BCUT2D eigenvalue weighted by Crippen LogP contribution is -2.23. The maximum atomic E-state index is 11.9. The third-order valence-electron chi connectivity index (χ3n) is 3.30. The van der Waals surface area contributed by atoms with Crippen LogP contribution >= 0.6 is 0 Å². The molecule has 8 heteroatoms. The van der Waals surface area contributed by atoms with Crippen LogP contribution in [0.3, 0.4) is 0 Å². The second kappa shape index (κ2) is 6.69. The van der Waals surface area contributed by atoms with E-state index in [-0.39, 0.29) is 12.1 Å². The number of aromatic nitrogens is 3. The molecule has 1 amide bonds. The van der Waals surface area contributed by atoms with Crippen LogP contribution in [0.2, 0.25) is 0 Å². The van der Waals surface area contributed by atoms with E-state index >= 15 is 0 Å². The molecule has 0 bridgehead atoms. The highest BCUT2D eigenvalue weighted by molar-refractivity contribution is 5.98. The molecule has 0 spiro atoms. The first-order chi connectivity index (χ1) is 11.6. The summed E-state index contributed by atoms with van der Waals surface area (Å²) in [6, 6.07) is 13.7. The Balaban J connectivity index is 1.67. The summed E-state index contributed by atoms with van der Waals surface area (Å²) in [4.78, 5) is 23.0. The number of benzene rings is 2. The third kappa shape index (κ3) is 3.27. The Morgan fingerprint density at radius 2 is 1.92 bits per heavy atom. The molecule has 0 aliphatic carbocycles. The molecular weight excluding hydrogens is 310 g/mol. The fourth-order valence-corrected chi connectivity index (χ4v) is 2.18. The van der Waals surface area contributed by atoms with Crippen LogP contribution in [-0.4, -0.2) is 38.2 Å². The van der Waals surface area contributed by atoms with Crippen LogP contribution in [0.5, 0.6) is 0 Å². The first-order valence-corrected chi connectivity index (χ1v) is 7.07. The van der Waals surface area contributed by atoms with Gasteiger partial charge in [0.2, 0.25) is 0 Å². The normalized spacial score (nSPS) is 11.0. The molecule has 0 unspecified atom stereocenters. The SMILES string of the molecule is O=C(Cn1nnc2ccccc21)NN=Cc1ccccc1C(=O)O. The summed E-state index contributed by atoms with van der Waals surface area (Å²) in [5.41, 5.74) is 4.30. The number of fused-ring (bicyclic) bond motifs is 1. The van der Waals surface area contributed by atoms with Crippen molar-refractivity contribution in [1.29, 1.82) is 0 Å². The highest BCUT2D eigenvalue weighted by atomic mass is 16.4. The van der Waals surface area contributed by atoms with Crippen LogP contribution in [0.4, 0.5) is 0 Å². The molecule has 0 saturated carbocycles. The summed E-state index contributed by atoms with van der Waals surface area (Å²) in [5.74, 6) is -1.45. The van der Waals surface area contributed by atoms with Crippen molar-refractivity contribution in [3.05, 3.63) is 59.7 Å². The predicted molar refractivity (Wildman–Crippen MR) is 86.7 cm³/mol. The topological polar surface area (TPSA) is 109 Å². The van der Waals surface area contributed by atoms with E-state index in [4.69, 9.17) is 5.11 Å². The van der Waals surface area contributed by atoms with Gasteiger partial charge >= 0.3 is 5.97 Å². The molecule has 24 heavy (non-hydrogen) atoms. The largest absolute Gasteiger partial charge is 0.478 e. The van der Waals surface area contributed by atoms with Crippen molar-refractivity contribution >= 4 is 29.1 Å². The zero-order valence-electron chi connectivity index (χ0n) is 12.5. The van der Waals surface area contributed by atoms with Crippen molar-refractivity contribution in [2.75, 3.05) is 0 Å². The van der Waals surface area contributed by atoms with Gasteiger partial charge in [0.05, 0.1) is 17.3 Å². The first kappa shape index (κ1) is 15.3. The minimum absolute atomic E-state index is 0.0432. The number of aromatic carboxylic acids is 1. The van der Waals surface area contributed by atoms with E-state index in [2.05, 4.69) is 20.8 Å². The molecule has 1 aromatic heterocycles. The van der Waals surface area contributed by atoms with Crippen molar-refractivity contribution in [2.45, 2.75) is 6.54 Å². The monoisotopic (exact) mass is 323 g/mol. The van der Waals surface area contributed by atoms with Gasteiger partial charge in [0.25, 0.3) is 5.91 Å². The van der Waals surface area contributed by atoms with Gasteiger partial charge in [-0.1, -0.05) is 35.5 Å². The second-order valence-electron chi connectivity index (χ2n) is 4.92. The number of carbonyl (C=O) groups excluding carboxylic acids is 1. The van der Waals surface area contributed by atoms with Crippen LogP contribution in [0.1, 0.15) is 15.9 Å². The summed E-state index contributed by atoms with van der Waals surface area (Å²) >= 11 is 0. The maximum absolute atomic E-state index is 11.9. The average molecular weight is 323 g/mol. The number of para-hydroxylation sites is 1. The van der Waals surface area contributed by atoms with Crippen molar-refractivity contribution in [1.82, 2.24) is 20.4 Å². The number of hydrogen-bond acceptors (Lipinski definition) is 5. The molecule has 0 aliphatic heterocycles. The van der Waals surface area contributed by atoms with E-state index in [1.807, 2.05) is 18.2 Å².